The van der Waals surface area contributed by atoms with Crippen LogP contribution in [0.15, 0.2) is 0 Å². The van der Waals surface area contributed by atoms with Gasteiger partial charge in [0.2, 0.25) is 0 Å². The van der Waals surface area contributed by atoms with E-state index in [4.69, 9.17) is 5.26 Å². The van der Waals surface area contributed by atoms with Crippen LogP contribution in [0.2, 0.25) is 0 Å². The average Bonchev–Trinajstić information content (AvgIpc) is 2.98. The van der Waals surface area contributed by atoms with Crippen LogP contribution >= 0.6 is 11.5 Å². The second-order valence-electron chi connectivity index (χ2n) is 4.55. The summed E-state index contributed by atoms with van der Waals surface area (Å²) < 4.78 is 3.84. The van der Waals surface area contributed by atoms with Gasteiger partial charge in [0.05, 0.1) is 17.7 Å². The first-order chi connectivity index (χ1) is 8.76. The van der Waals surface area contributed by atoms with Gasteiger partial charge in [0.1, 0.15) is 4.88 Å². The van der Waals surface area contributed by atoms with Crippen LogP contribution in [0, 0.1) is 17.2 Å². The molecule has 6 heteroatoms. The van der Waals surface area contributed by atoms with E-state index in [2.05, 4.69) is 21.0 Å². The highest BCUT2D eigenvalue weighted by Gasteiger charge is 2.29. The molecule has 2 rings (SSSR count). The van der Waals surface area contributed by atoms with Crippen LogP contribution in [0.1, 0.15) is 48.0 Å². The van der Waals surface area contributed by atoms with Gasteiger partial charge in [-0.1, -0.05) is 17.8 Å². The van der Waals surface area contributed by atoms with Crippen molar-refractivity contribution < 1.29 is 4.79 Å². The minimum atomic E-state index is -0.124. The largest absolute Gasteiger partial charge is 0.347 e. The molecule has 1 saturated carbocycles. The second kappa shape index (κ2) is 5.91. The van der Waals surface area contributed by atoms with Crippen LogP contribution in [-0.4, -0.2) is 21.5 Å². The maximum Gasteiger partial charge on any atom is 0.265 e. The summed E-state index contributed by atoms with van der Waals surface area (Å²) in [6.45, 7) is 2.05. The molecule has 1 fully saturated rings. The lowest BCUT2D eigenvalue weighted by Gasteiger charge is -2.14. The summed E-state index contributed by atoms with van der Waals surface area (Å²) in [5.74, 6) is -0.176. The Morgan fingerprint density at radius 1 is 1.61 bits per heavy atom. The van der Waals surface area contributed by atoms with Crippen molar-refractivity contribution in [2.75, 3.05) is 0 Å². The van der Waals surface area contributed by atoms with E-state index < -0.39 is 0 Å². The number of hydrogen-bond donors (Lipinski definition) is 1. The smallest absolute Gasteiger partial charge is 0.265 e. The first kappa shape index (κ1) is 13.0. The number of hydrogen-bond acceptors (Lipinski definition) is 5. The summed E-state index contributed by atoms with van der Waals surface area (Å²) in [4.78, 5) is 12.7. The number of rotatable bonds is 4. The zero-order valence-electron chi connectivity index (χ0n) is 10.3. The number of aromatic nitrogens is 2. The summed E-state index contributed by atoms with van der Waals surface area (Å²) in [5, 5.41) is 15.9. The molecular formula is C12H16N4OS. The number of amides is 1. The standard InChI is InChI=1S/C12H16N4OS/c1-2-4-10-11(18-16-15-10)12(17)14-9-6-3-5-8(9)7-13/h8-9H,2-6H2,1H3,(H,14,17). The molecule has 2 atom stereocenters. The highest BCUT2D eigenvalue weighted by atomic mass is 32.1. The first-order valence-electron chi connectivity index (χ1n) is 6.28. The average molecular weight is 264 g/mol. The molecular weight excluding hydrogens is 248 g/mol. The van der Waals surface area contributed by atoms with Gasteiger partial charge in [-0.25, -0.2) is 0 Å². The number of aryl methyl sites for hydroxylation is 1. The molecule has 2 unspecified atom stereocenters. The van der Waals surface area contributed by atoms with Crippen molar-refractivity contribution in [2.45, 2.75) is 45.1 Å². The number of carbonyl (C=O) groups excluding carboxylic acids is 1. The van der Waals surface area contributed by atoms with E-state index in [0.29, 0.717) is 4.88 Å². The lowest BCUT2D eigenvalue weighted by Crippen LogP contribution is -2.36. The summed E-state index contributed by atoms with van der Waals surface area (Å²) in [7, 11) is 0. The third-order valence-electron chi connectivity index (χ3n) is 3.25. The Bertz CT molecular complexity index is 465. The molecule has 1 aliphatic rings. The van der Waals surface area contributed by atoms with Crippen molar-refractivity contribution in [2.24, 2.45) is 5.92 Å². The number of nitrogens with one attached hydrogen (secondary N) is 1. The molecule has 1 aromatic heterocycles. The van der Waals surface area contributed by atoms with Gasteiger partial charge < -0.3 is 5.32 Å². The highest BCUT2D eigenvalue weighted by Crippen LogP contribution is 2.25. The Hall–Kier alpha value is -1.48. The molecule has 0 saturated heterocycles. The van der Waals surface area contributed by atoms with Gasteiger partial charge in [-0.05, 0) is 37.2 Å². The van der Waals surface area contributed by atoms with Crippen LogP contribution < -0.4 is 5.32 Å². The summed E-state index contributed by atoms with van der Waals surface area (Å²) in [5.41, 5.74) is 0.770. The van der Waals surface area contributed by atoms with E-state index in [1.165, 1.54) is 0 Å². The Morgan fingerprint density at radius 3 is 3.17 bits per heavy atom. The van der Waals surface area contributed by atoms with E-state index in [9.17, 15) is 4.79 Å². The molecule has 1 aromatic rings. The van der Waals surface area contributed by atoms with Gasteiger partial charge in [0.25, 0.3) is 5.91 Å². The van der Waals surface area contributed by atoms with Crippen molar-refractivity contribution in [3.05, 3.63) is 10.6 Å². The SMILES string of the molecule is CCCc1nnsc1C(=O)NC1CCCC1C#N. The molecule has 0 spiro atoms. The fourth-order valence-electron chi connectivity index (χ4n) is 2.30. The van der Waals surface area contributed by atoms with Crippen LogP contribution in [0.25, 0.3) is 0 Å². The van der Waals surface area contributed by atoms with Crippen molar-refractivity contribution >= 4 is 17.4 Å². The quantitative estimate of drug-likeness (QED) is 0.901. The van der Waals surface area contributed by atoms with Crippen molar-refractivity contribution in [1.29, 1.82) is 5.26 Å². The van der Waals surface area contributed by atoms with Gasteiger partial charge in [-0.3, -0.25) is 4.79 Å². The van der Waals surface area contributed by atoms with E-state index >= 15 is 0 Å². The lowest BCUT2D eigenvalue weighted by molar-refractivity contribution is 0.0936. The number of carbonyl (C=O) groups is 1. The molecule has 1 aliphatic carbocycles. The molecule has 1 amide bonds. The molecule has 0 aromatic carbocycles. The molecule has 1 N–H and O–H groups in total. The maximum absolute atomic E-state index is 12.1. The lowest BCUT2D eigenvalue weighted by atomic mass is 10.1. The minimum Gasteiger partial charge on any atom is -0.347 e. The van der Waals surface area contributed by atoms with Gasteiger partial charge >= 0.3 is 0 Å². The van der Waals surface area contributed by atoms with Crippen molar-refractivity contribution in [3.63, 3.8) is 0 Å². The van der Waals surface area contributed by atoms with Crippen molar-refractivity contribution in [1.82, 2.24) is 14.9 Å². The fourth-order valence-corrected chi connectivity index (χ4v) is 2.91. The molecule has 5 nitrogen and oxygen atoms in total. The highest BCUT2D eigenvalue weighted by molar-refractivity contribution is 7.08. The first-order valence-corrected chi connectivity index (χ1v) is 7.05. The molecule has 96 valence electrons. The molecule has 1 heterocycles. The predicted octanol–water partition coefficient (Wildman–Crippen LogP) is 1.91. The molecule has 0 bridgehead atoms. The van der Waals surface area contributed by atoms with Crippen LogP contribution in [0.3, 0.4) is 0 Å². The Kier molecular flexibility index (Phi) is 4.26. The third-order valence-corrected chi connectivity index (χ3v) is 4.01. The van der Waals surface area contributed by atoms with Crippen LogP contribution in [0.5, 0.6) is 0 Å². The summed E-state index contributed by atoms with van der Waals surface area (Å²) in [6.07, 6.45) is 4.48. The number of nitrogens with zero attached hydrogens (tertiary/aromatic N) is 3. The zero-order chi connectivity index (χ0) is 13.0. The van der Waals surface area contributed by atoms with E-state index in [1.807, 2.05) is 6.92 Å². The van der Waals surface area contributed by atoms with Gasteiger partial charge in [-0.15, -0.1) is 5.10 Å². The Labute approximate surface area is 110 Å². The van der Waals surface area contributed by atoms with Crippen molar-refractivity contribution in [3.8, 4) is 6.07 Å². The second-order valence-corrected chi connectivity index (χ2v) is 5.30. The van der Waals surface area contributed by atoms with Crippen LogP contribution in [0.4, 0.5) is 0 Å². The summed E-state index contributed by atoms with van der Waals surface area (Å²) >= 11 is 1.13. The summed E-state index contributed by atoms with van der Waals surface area (Å²) in [6, 6.07) is 2.25. The fraction of sp³-hybridized carbons (Fsp3) is 0.667. The van der Waals surface area contributed by atoms with E-state index in [0.717, 1.165) is 49.3 Å². The molecule has 0 radical (unpaired) electrons. The molecule has 18 heavy (non-hydrogen) atoms. The third kappa shape index (κ3) is 2.67. The van der Waals surface area contributed by atoms with Gasteiger partial charge in [0, 0.05) is 6.04 Å². The Balaban J connectivity index is 2.03. The normalized spacial score (nSPS) is 22.7. The predicted molar refractivity (Wildman–Crippen MR) is 68.1 cm³/mol. The maximum atomic E-state index is 12.1. The van der Waals surface area contributed by atoms with Gasteiger partial charge in [-0.2, -0.15) is 5.26 Å². The Morgan fingerprint density at radius 2 is 2.44 bits per heavy atom. The zero-order valence-corrected chi connectivity index (χ0v) is 11.2. The minimum absolute atomic E-state index is 0.0147. The topological polar surface area (TPSA) is 78.7 Å². The number of nitriles is 1. The van der Waals surface area contributed by atoms with E-state index in [-0.39, 0.29) is 17.9 Å². The molecule has 0 aliphatic heterocycles. The van der Waals surface area contributed by atoms with Crippen LogP contribution in [-0.2, 0) is 6.42 Å². The monoisotopic (exact) mass is 264 g/mol. The van der Waals surface area contributed by atoms with E-state index in [1.54, 1.807) is 0 Å². The van der Waals surface area contributed by atoms with Gasteiger partial charge in [0.15, 0.2) is 0 Å².